The molecule has 2 amide bonds. The predicted octanol–water partition coefficient (Wildman–Crippen LogP) is 1.87. The lowest BCUT2D eigenvalue weighted by atomic mass is 9.98. The van der Waals surface area contributed by atoms with Gasteiger partial charge >= 0.3 is 11.8 Å². The van der Waals surface area contributed by atoms with E-state index in [-0.39, 0.29) is 11.9 Å². The van der Waals surface area contributed by atoms with E-state index < -0.39 is 11.8 Å². The van der Waals surface area contributed by atoms with Crippen molar-refractivity contribution in [1.82, 2.24) is 19.9 Å². The van der Waals surface area contributed by atoms with Crippen LogP contribution in [0.5, 0.6) is 0 Å². The van der Waals surface area contributed by atoms with Crippen LogP contribution in [0.15, 0.2) is 59.4 Å². The van der Waals surface area contributed by atoms with Crippen LogP contribution in [-0.2, 0) is 29.6 Å². The van der Waals surface area contributed by atoms with Crippen LogP contribution in [0, 0.1) is 0 Å². The zero-order valence-electron chi connectivity index (χ0n) is 16.2. The molecule has 8 heteroatoms. The Bertz CT molecular complexity index is 995. The third-order valence-electron chi connectivity index (χ3n) is 5.27. The topological polar surface area (TPSA) is 92.4 Å². The summed E-state index contributed by atoms with van der Waals surface area (Å²) in [5.41, 5.74) is 3.75. The second-order valence-electron chi connectivity index (χ2n) is 7.10. The van der Waals surface area contributed by atoms with Crippen molar-refractivity contribution < 1.29 is 14.1 Å². The third-order valence-corrected chi connectivity index (χ3v) is 5.27. The molecule has 8 nitrogen and oxygen atoms in total. The fraction of sp³-hybridized carbons (Fsp3) is 0.286. The molecular formula is C21H23N5O3. The van der Waals surface area contributed by atoms with Crippen LogP contribution in [0.25, 0.3) is 0 Å². The van der Waals surface area contributed by atoms with Gasteiger partial charge in [0.15, 0.2) is 5.82 Å². The van der Waals surface area contributed by atoms with Crippen LogP contribution in [0.2, 0.25) is 0 Å². The molecule has 1 atom stereocenters. The van der Waals surface area contributed by atoms with E-state index in [0.29, 0.717) is 6.54 Å². The Morgan fingerprint density at radius 1 is 1.14 bits per heavy atom. The maximum Gasteiger partial charge on any atom is 0.314 e. The minimum absolute atomic E-state index is 0.0489. The molecule has 0 saturated heterocycles. The van der Waals surface area contributed by atoms with Crippen molar-refractivity contribution >= 4 is 17.6 Å². The van der Waals surface area contributed by atoms with Crippen molar-refractivity contribution in [3.05, 3.63) is 71.7 Å². The maximum atomic E-state index is 12.3. The van der Waals surface area contributed by atoms with Crippen LogP contribution in [0.4, 0.5) is 5.82 Å². The van der Waals surface area contributed by atoms with E-state index in [4.69, 9.17) is 0 Å². The van der Waals surface area contributed by atoms with Crippen molar-refractivity contribution in [2.75, 3.05) is 18.4 Å². The molecule has 1 aliphatic heterocycles. The molecule has 0 bridgehead atoms. The molecule has 1 aromatic carbocycles. The van der Waals surface area contributed by atoms with Gasteiger partial charge in [-0.1, -0.05) is 29.4 Å². The maximum absolute atomic E-state index is 12.3. The first-order valence-corrected chi connectivity index (χ1v) is 9.53. The van der Waals surface area contributed by atoms with Crippen LogP contribution < -0.4 is 10.6 Å². The molecule has 29 heavy (non-hydrogen) atoms. The van der Waals surface area contributed by atoms with E-state index in [1.54, 1.807) is 0 Å². The molecule has 0 spiro atoms. The number of rotatable bonds is 5. The summed E-state index contributed by atoms with van der Waals surface area (Å²) in [5, 5.41) is 8.76. The van der Waals surface area contributed by atoms with E-state index in [1.807, 2.05) is 29.9 Å². The monoisotopic (exact) mass is 393 g/mol. The number of amides is 2. The number of anilines is 1. The molecule has 3 aromatic rings. The first-order valence-electron chi connectivity index (χ1n) is 9.53. The number of aryl methyl sites for hydroxylation is 1. The molecule has 150 valence electrons. The molecule has 2 aromatic heterocycles. The quantitative estimate of drug-likeness (QED) is 0.646. The summed E-state index contributed by atoms with van der Waals surface area (Å²) in [6, 6.07) is 13.9. The average Bonchev–Trinajstić information content (AvgIpc) is 3.40. The molecule has 0 radical (unpaired) electrons. The van der Waals surface area contributed by atoms with E-state index in [2.05, 4.69) is 49.5 Å². The standard InChI is InChI=1S/C21H23N5O3/c1-25-10-4-7-17(25)18(26-11-8-15-5-2-3-6-16(15)14-26)13-22-20(27)21(28)23-19-9-12-29-24-19/h2-7,9-10,12,18H,8,11,13-14H2,1H3,(H,22,27)(H,23,24,28). The van der Waals surface area contributed by atoms with Crippen LogP contribution in [-0.4, -0.2) is 39.5 Å². The molecule has 1 aliphatic rings. The van der Waals surface area contributed by atoms with Gasteiger partial charge in [-0.25, -0.2) is 0 Å². The van der Waals surface area contributed by atoms with Gasteiger partial charge in [-0.05, 0) is 29.7 Å². The summed E-state index contributed by atoms with van der Waals surface area (Å²) in [7, 11) is 1.99. The number of aromatic nitrogens is 2. The average molecular weight is 393 g/mol. The van der Waals surface area contributed by atoms with E-state index >= 15 is 0 Å². The highest BCUT2D eigenvalue weighted by Crippen LogP contribution is 2.27. The SMILES string of the molecule is Cn1cccc1C(CNC(=O)C(=O)Nc1ccon1)N1CCc2ccccc2C1. The predicted molar refractivity (Wildman–Crippen MR) is 107 cm³/mol. The number of hydrogen-bond acceptors (Lipinski definition) is 5. The molecule has 4 rings (SSSR count). The molecule has 0 fully saturated rings. The third kappa shape index (κ3) is 4.22. The molecule has 2 N–H and O–H groups in total. The number of fused-ring (bicyclic) bond motifs is 1. The number of carbonyl (C=O) groups excluding carboxylic acids is 2. The molecule has 1 unspecified atom stereocenters. The highest BCUT2D eigenvalue weighted by atomic mass is 16.5. The fourth-order valence-corrected chi connectivity index (χ4v) is 3.74. The lowest BCUT2D eigenvalue weighted by Crippen LogP contribution is -2.44. The summed E-state index contributed by atoms with van der Waals surface area (Å²) in [6.45, 7) is 2.01. The van der Waals surface area contributed by atoms with Gasteiger partial charge < -0.3 is 14.4 Å². The Balaban J connectivity index is 1.46. The Morgan fingerprint density at radius 3 is 2.69 bits per heavy atom. The lowest BCUT2D eigenvalue weighted by molar-refractivity contribution is -0.136. The van der Waals surface area contributed by atoms with Gasteiger partial charge in [-0.2, -0.15) is 0 Å². The Hall–Kier alpha value is -3.39. The zero-order chi connectivity index (χ0) is 20.2. The minimum Gasteiger partial charge on any atom is -0.363 e. The largest absolute Gasteiger partial charge is 0.363 e. The van der Waals surface area contributed by atoms with Crippen molar-refractivity contribution in [3.63, 3.8) is 0 Å². The van der Waals surface area contributed by atoms with Gasteiger partial charge in [0.25, 0.3) is 0 Å². The first kappa shape index (κ1) is 18.9. The summed E-state index contributed by atoms with van der Waals surface area (Å²) in [6.07, 6.45) is 4.27. The summed E-state index contributed by atoms with van der Waals surface area (Å²) in [4.78, 5) is 26.7. The van der Waals surface area contributed by atoms with Crippen molar-refractivity contribution in [1.29, 1.82) is 0 Å². The van der Waals surface area contributed by atoms with Crippen LogP contribution in [0.1, 0.15) is 22.9 Å². The number of benzene rings is 1. The zero-order valence-corrected chi connectivity index (χ0v) is 16.2. The number of hydrogen-bond donors (Lipinski definition) is 2. The van der Waals surface area contributed by atoms with Gasteiger partial charge in [-0.3, -0.25) is 19.8 Å². The summed E-state index contributed by atoms with van der Waals surface area (Å²) in [5.74, 6) is -1.27. The lowest BCUT2D eigenvalue weighted by Gasteiger charge is -2.36. The molecule has 0 saturated carbocycles. The van der Waals surface area contributed by atoms with Crippen molar-refractivity contribution in [3.8, 4) is 0 Å². The molecule has 0 aliphatic carbocycles. The van der Waals surface area contributed by atoms with Gasteiger partial charge in [0.1, 0.15) is 6.26 Å². The summed E-state index contributed by atoms with van der Waals surface area (Å²) >= 11 is 0. The normalized spacial score (nSPS) is 14.8. The Morgan fingerprint density at radius 2 is 1.97 bits per heavy atom. The number of carbonyl (C=O) groups is 2. The second-order valence-corrected chi connectivity index (χ2v) is 7.10. The number of nitrogens with one attached hydrogen (secondary N) is 2. The fourth-order valence-electron chi connectivity index (χ4n) is 3.74. The summed E-state index contributed by atoms with van der Waals surface area (Å²) < 4.78 is 6.71. The first-order chi connectivity index (χ1) is 14.1. The van der Waals surface area contributed by atoms with E-state index in [1.165, 1.54) is 23.5 Å². The highest BCUT2D eigenvalue weighted by Gasteiger charge is 2.27. The second kappa shape index (κ2) is 8.32. The number of nitrogens with zero attached hydrogens (tertiary/aromatic N) is 3. The van der Waals surface area contributed by atoms with Crippen molar-refractivity contribution in [2.45, 2.75) is 19.0 Å². The smallest absolute Gasteiger partial charge is 0.314 e. The van der Waals surface area contributed by atoms with E-state index in [9.17, 15) is 9.59 Å². The Kier molecular flexibility index (Phi) is 5.44. The van der Waals surface area contributed by atoms with Crippen molar-refractivity contribution in [2.24, 2.45) is 7.05 Å². The van der Waals surface area contributed by atoms with Crippen LogP contribution >= 0.6 is 0 Å². The molecular weight excluding hydrogens is 370 g/mol. The Labute approximate surface area is 168 Å². The van der Waals surface area contributed by atoms with Crippen LogP contribution in [0.3, 0.4) is 0 Å². The van der Waals surface area contributed by atoms with E-state index in [0.717, 1.165) is 25.2 Å². The van der Waals surface area contributed by atoms with Gasteiger partial charge in [0.2, 0.25) is 0 Å². The highest BCUT2D eigenvalue weighted by molar-refractivity contribution is 6.39. The molecule has 3 heterocycles. The minimum atomic E-state index is -0.770. The van der Waals surface area contributed by atoms with Gasteiger partial charge in [-0.15, -0.1) is 0 Å². The van der Waals surface area contributed by atoms with Gasteiger partial charge in [0.05, 0.1) is 6.04 Å². The van der Waals surface area contributed by atoms with Gasteiger partial charge in [0, 0.05) is 44.6 Å².